The van der Waals surface area contributed by atoms with E-state index >= 15 is 0 Å². The number of halogens is 3. The number of nitrogens with one attached hydrogen (secondary N) is 1. The first kappa shape index (κ1) is 10.4. The van der Waals surface area contributed by atoms with Crippen LogP contribution < -0.4 is 5.32 Å². The monoisotopic (exact) mass is 225 g/mol. The second kappa shape index (κ2) is 4.18. The molecule has 1 aromatic heterocycles. The van der Waals surface area contributed by atoms with Crippen LogP contribution in [-0.4, -0.2) is 9.97 Å². The average Bonchev–Trinajstić information content (AvgIpc) is 2.22. The average molecular weight is 225 g/mol. The third-order valence-electron chi connectivity index (χ3n) is 1.83. The number of hydrogen-bond acceptors (Lipinski definition) is 3. The van der Waals surface area contributed by atoms with Gasteiger partial charge in [-0.25, -0.2) is 18.7 Å². The Balaban J connectivity index is 2.27. The molecule has 1 aromatic carbocycles. The standard InChI is InChI=1S/C10H6F3N3/c11-6-1-2-8(7(12)3-6)16-10-4-9(13)14-5-15-10/h1-5H,(H,14,15,16). The summed E-state index contributed by atoms with van der Waals surface area (Å²) in [7, 11) is 0. The Morgan fingerprint density at radius 3 is 2.50 bits per heavy atom. The zero-order valence-electron chi connectivity index (χ0n) is 7.92. The van der Waals surface area contributed by atoms with Gasteiger partial charge in [-0.3, -0.25) is 0 Å². The lowest BCUT2D eigenvalue weighted by Gasteiger charge is -2.05. The van der Waals surface area contributed by atoms with Crippen LogP contribution in [0.4, 0.5) is 24.7 Å². The summed E-state index contributed by atoms with van der Waals surface area (Å²) < 4.78 is 38.5. The fourth-order valence-corrected chi connectivity index (χ4v) is 1.13. The van der Waals surface area contributed by atoms with Gasteiger partial charge in [0.2, 0.25) is 5.95 Å². The van der Waals surface area contributed by atoms with Crippen molar-refractivity contribution in [2.45, 2.75) is 0 Å². The highest BCUT2D eigenvalue weighted by atomic mass is 19.1. The number of aromatic nitrogens is 2. The van der Waals surface area contributed by atoms with Gasteiger partial charge in [-0.2, -0.15) is 4.39 Å². The number of rotatable bonds is 2. The van der Waals surface area contributed by atoms with Crippen LogP contribution in [0.2, 0.25) is 0 Å². The predicted octanol–water partition coefficient (Wildman–Crippen LogP) is 2.64. The molecule has 0 aliphatic heterocycles. The van der Waals surface area contributed by atoms with Gasteiger partial charge in [0.1, 0.15) is 23.8 Å². The number of benzene rings is 1. The molecular weight excluding hydrogens is 219 g/mol. The van der Waals surface area contributed by atoms with Crippen LogP contribution in [0, 0.1) is 17.6 Å². The molecule has 0 radical (unpaired) electrons. The fraction of sp³-hybridized carbons (Fsp3) is 0. The Labute approximate surface area is 89.0 Å². The summed E-state index contributed by atoms with van der Waals surface area (Å²) in [6, 6.07) is 4.01. The fourth-order valence-electron chi connectivity index (χ4n) is 1.13. The van der Waals surface area contributed by atoms with E-state index < -0.39 is 17.6 Å². The molecule has 1 heterocycles. The van der Waals surface area contributed by atoms with Crippen molar-refractivity contribution in [3.63, 3.8) is 0 Å². The van der Waals surface area contributed by atoms with Crippen LogP contribution in [0.5, 0.6) is 0 Å². The lowest BCUT2D eigenvalue weighted by Crippen LogP contribution is -1.98. The molecule has 2 rings (SSSR count). The zero-order valence-corrected chi connectivity index (χ0v) is 7.92. The van der Waals surface area contributed by atoms with E-state index in [0.717, 1.165) is 24.5 Å². The lowest BCUT2D eigenvalue weighted by atomic mass is 10.3. The topological polar surface area (TPSA) is 37.8 Å². The van der Waals surface area contributed by atoms with Gasteiger partial charge in [0.15, 0.2) is 0 Å². The molecule has 0 aliphatic rings. The zero-order chi connectivity index (χ0) is 11.5. The highest BCUT2D eigenvalue weighted by Gasteiger charge is 2.05. The van der Waals surface area contributed by atoms with Crippen molar-refractivity contribution in [1.29, 1.82) is 0 Å². The van der Waals surface area contributed by atoms with Gasteiger partial charge >= 0.3 is 0 Å². The summed E-state index contributed by atoms with van der Waals surface area (Å²) in [6.07, 6.45) is 0.999. The maximum atomic E-state index is 13.2. The van der Waals surface area contributed by atoms with E-state index in [9.17, 15) is 13.2 Å². The Kier molecular flexibility index (Phi) is 2.72. The first-order chi connectivity index (χ1) is 7.65. The van der Waals surface area contributed by atoms with Crippen LogP contribution in [-0.2, 0) is 0 Å². The summed E-state index contributed by atoms with van der Waals surface area (Å²) in [5.74, 6) is -2.10. The van der Waals surface area contributed by atoms with E-state index in [1.165, 1.54) is 6.07 Å². The Morgan fingerprint density at radius 2 is 1.81 bits per heavy atom. The van der Waals surface area contributed by atoms with Gasteiger partial charge in [-0.05, 0) is 12.1 Å². The van der Waals surface area contributed by atoms with Crippen LogP contribution in [0.25, 0.3) is 0 Å². The largest absolute Gasteiger partial charge is 0.338 e. The Hall–Kier alpha value is -2.11. The molecule has 0 spiro atoms. The maximum Gasteiger partial charge on any atom is 0.218 e. The molecular formula is C10H6F3N3. The van der Waals surface area contributed by atoms with Crippen molar-refractivity contribution < 1.29 is 13.2 Å². The number of nitrogens with zero attached hydrogens (tertiary/aromatic N) is 2. The highest BCUT2D eigenvalue weighted by molar-refractivity contribution is 5.56. The summed E-state index contributed by atoms with van der Waals surface area (Å²) in [5, 5.41) is 2.51. The SMILES string of the molecule is Fc1ccc(Nc2cc(F)ncn2)c(F)c1. The van der Waals surface area contributed by atoms with Crippen molar-refractivity contribution in [3.05, 3.63) is 48.2 Å². The third kappa shape index (κ3) is 2.28. The van der Waals surface area contributed by atoms with Gasteiger partial charge in [0, 0.05) is 12.1 Å². The molecule has 2 aromatic rings. The van der Waals surface area contributed by atoms with Crippen LogP contribution in [0.3, 0.4) is 0 Å². The van der Waals surface area contributed by atoms with E-state index in [2.05, 4.69) is 15.3 Å². The quantitative estimate of drug-likeness (QED) is 0.798. The Bertz CT molecular complexity index is 516. The number of anilines is 2. The molecule has 0 saturated heterocycles. The van der Waals surface area contributed by atoms with Gasteiger partial charge in [-0.15, -0.1) is 0 Å². The minimum Gasteiger partial charge on any atom is -0.338 e. The molecule has 6 heteroatoms. The van der Waals surface area contributed by atoms with Gasteiger partial charge in [0.05, 0.1) is 5.69 Å². The van der Waals surface area contributed by atoms with E-state index in [1.54, 1.807) is 0 Å². The molecule has 0 atom stereocenters. The van der Waals surface area contributed by atoms with E-state index in [0.29, 0.717) is 0 Å². The molecule has 0 saturated carbocycles. The van der Waals surface area contributed by atoms with E-state index in [1.807, 2.05) is 0 Å². The summed E-state index contributed by atoms with van der Waals surface area (Å²) in [6.45, 7) is 0. The lowest BCUT2D eigenvalue weighted by molar-refractivity contribution is 0.579. The molecule has 0 unspecified atom stereocenters. The molecule has 0 bridgehead atoms. The van der Waals surface area contributed by atoms with Crippen molar-refractivity contribution in [3.8, 4) is 0 Å². The summed E-state index contributed by atoms with van der Waals surface area (Å²) in [5.41, 5.74) is 0.0134. The predicted molar refractivity (Wildman–Crippen MR) is 51.6 cm³/mol. The van der Waals surface area contributed by atoms with Crippen LogP contribution >= 0.6 is 0 Å². The molecule has 1 N–H and O–H groups in total. The van der Waals surface area contributed by atoms with E-state index in [4.69, 9.17) is 0 Å². The maximum absolute atomic E-state index is 13.2. The molecule has 16 heavy (non-hydrogen) atoms. The van der Waals surface area contributed by atoms with Crippen molar-refractivity contribution in [1.82, 2.24) is 9.97 Å². The van der Waals surface area contributed by atoms with Gasteiger partial charge < -0.3 is 5.32 Å². The second-order valence-electron chi connectivity index (χ2n) is 2.98. The molecule has 0 aliphatic carbocycles. The summed E-state index contributed by atoms with van der Waals surface area (Å²) in [4.78, 5) is 6.92. The minimum atomic E-state index is -0.779. The molecule has 3 nitrogen and oxygen atoms in total. The highest BCUT2D eigenvalue weighted by Crippen LogP contribution is 2.18. The summed E-state index contributed by atoms with van der Waals surface area (Å²) >= 11 is 0. The minimum absolute atomic E-state index is 0.0134. The van der Waals surface area contributed by atoms with Crippen molar-refractivity contribution in [2.24, 2.45) is 0 Å². The van der Waals surface area contributed by atoms with Gasteiger partial charge in [0.25, 0.3) is 0 Å². The Morgan fingerprint density at radius 1 is 1.00 bits per heavy atom. The van der Waals surface area contributed by atoms with Crippen molar-refractivity contribution in [2.75, 3.05) is 5.32 Å². The first-order valence-electron chi connectivity index (χ1n) is 4.35. The molecule has 0 amide bonds. The van der Waals surface area contributed by atoms with Crippen LogP contribution in [0.15, 0.2) is 30.6 Å². The smallest absolute Gasteiger partial charge is 0.218 e. The normalized spacial score (nSPS) is 10.2. The van der Waals surface area contributed by atoms with E-state index in [-0.39, 0.29) is 11.5 Å². The first-order valence-corrected chi connectivity index (χ1v) is 4.35. The number of hydrogen-bond donors (Lipinski definition) is 1. The van der Waals surface area contributed by atoms with Crippen molar-refractivity contribution >= 4 is 11.5 Å². The molecule has 0 fully saturated rings. The second-order valence-corrected chi connectivity index (χ2v) is 2.98. The molecule has 82 valence electrons. The third-order valence-corrected chi connectivity index (χ3v) is 1.83. The van der Waals surface area contributed by atoms with Crippen LogP contribution in [0.1, 0.15) is 0 Å². The van der Waals surface area contributed by atoms with Gasteiger partial charge in [-0.1, -0.05) is 0 Å².